The van der Waals surface area contributed by atoms with E-state index in [-0.39, 0.29) is 11.9 Å². The van der Waals surface area contributed by atoms with Crippen LogP contribution in [-0.4, -0.2) is 59.8 Å². The van der Waals surface area contributed by atoms with Crippen molar-refractivity contribution < 1.29 is 12.8 Å². The van der Waals surface area contributed by atoms with E-state index in [1.165, 1.54) is 18.4 Å². The van der Waals surface area contributed by atoms with Crippen LogP contribution in [0.2, 0.25) is 0 Å². The maximum Gasteiger partial charge on any atom is 0.211 e. The van der Waals surface area contributed by atoms with E-state index in [0.717, 1.165) is 34.3 Å². The molecule has 1 atom stereocenters. The second kappa shape index (κ2) is 8.33. The number of nitrogens with zero attached hydrogens (tertiary/aromatic N) is 4. The highest BCUT2D eigenvalue weighted by molar-refractivity contribution is 7.88. The predicted octanol–water partition coefficient (Wildman–Crippen LogP) is 3.75. The molecule has 6 nitrogen and oxygen atoms in total. The second-order valence-electron chi connectivity index (χ2n) is 8.83. The lowest BCUT2D eigenvalue weighted by molar-refractivity contribution is 0.105. The fraction of sp³-hybridized carbons (Fsp3) is 0.435. The van der Waals surface area contributed by atoms with E-state index in [1.807, 2.05) is 6.20 Å². The first kappa shape index (κ1) is 21.9. The number of hydrogen-bond donors (Lipinski definition) is 0. The van der Waals surface area contributed by atoms with Gasteiger partial charge in [-0.1, -0.05) is 13.8 Å². The molecule has 0 bridgehead atoms. The van der Waals surface area contributed by atoms with Gasteiger partial charge in [-0.15, -0.1) is 0 Å². The van der Waals surface area contributed by atoms with E-state index in [9.17, 15) is 12.8 Å². The largest absolute Gasteiger partial charge is 0.293 e. The maximum absolute atomic E-state index is 13.3. The number of hydrogen-bond acceptors (Lipinski definition) is 4. The molecule has 1 unspecified atom stereocenters. The van der Waals surface area contributed by atoms with Crippen LogP contribution in [0.1, 0.15) is 31.0 Å². The average Bonchev–Trinajstić information content (AvgIpc) is 3.10. The molecule has 0 N–H and O–H groups in total. The molecule has 0 aliphatic carbocycles. The number of halogens is 1. The third-order valence-electron chi connectivity index (χ3n) is 5.91. The summed E-state index contributed by atoms with van der Waals surface area (Å²) in [5.74, 6) is 0.203. The molecule has 1 aliphatic rings. The van der Waals surface area contributed by atoms with Crippen LogP contribution < -0.4 is 0 Å². The molecule has 2 heterocycles. The first-order chi connectivity index (χ1) is 14.6. The van der Waals surface area contributed by atoms with Crippen LogP contribution in [0.5, 0.6) is 0 Å². The Balaban J connectivity index is 1.75. The molecule has 3 aromatic rings. The zero-order valence-corrected chi connectivity index (χ0v) is 19.2. The Labute approximate surface area is 183 Å². The number of aryl methyl sites for hydroxylation is 1. The third kappa shape index (κ3) is 4.51. The van der Waals surface area contributed by atoms with Gasteiger partial charge in [0.05, 0.1) is 23.7 Å². The summed E-state index contributed by atoms with van der Waals surface area (Å²) in [6.07, 6.45) is 3.09. The zero-order valence-electron chi connectivity index (χ0n) is 18.4. The summed E-state index contributed by atoms with van der Waals surface area (Å²) in [5.41, 5.74) is 3.95. The summed E-state index contributed by atoms with van der Waals surface area (Å²) < 4.78 is 41.2. The van der Waals surface area contributed by atoms with E-state index >= 15 is 0 Å². The van der Waals surface area contributed by atoms with Crippen LogP contribution in [0.25, 0.3) is 16.6 Å². The molecule has 1 aromatic heterocycles. The van der Waals surface area contributed by atoms with Gasteiger partial charge in [0.2, 0.25) is 10.0 Å². The summed E-state index contributed by atoms with van der Waals surface area (Å²) in [6.45, 7) is 9.02. The highest BCUT2D eigenvalue weighted by atomic mass is 32.2. The quantitative estimate of drug-likeness (QED) is 0.602. The lowest BCUT2D eigenvalue weighted by Crippen LogP contribution is -2.51. The Hall–Kier alpha value is -2.29. The Morgan fingerprint density at radius 2 is 1.87 bits per heavy atom. The maximum atomic E-state index is 13.3. The molecular weight excluding hydrogens is 415 g/mol. The minimum absolute atomic E-state index is 0.00977. The molecule has 0 spiro atoms. The van der Waals surface area contributed by atoms with Crippen molar-refractivity contribution in [3.63, 3.8) is 0 Å². The summed E-state index contributed by atoms with van der Waals surface area (Å²) in [7, 11) is -3.25. The number of benzene rings is 2. The second-order valence-corrected chi connectivity index (χ2v) is 10.8. The molecule has 31 heavy (non-hydrogen) atoms. The van der Waals surface area contributed by atoms with Crippen LogP contribution in [0.4, 0.5) is 4.39 Å². The molecule has 1 fully saturated rings. The zero-order chi connectivity index (χ0) is 22.3. The number of rotatable bonds is 5. The van der Waals surface area contributed by atoms with Crippen molar-refractivity contribution in [2.75, 3.05) is 32.4 Å². The van der Waals surface area contributed by atoms with Crippen molar-refractivity contribution in [2.45, 2.75) is 26.8 Å². The summed E-state index contributed by atoms with van der Waals surface area (Å²) in [5, 5.41) is 5.50. The van der Waals surface area contributed by atoms with E-state index in [1.54, 1.807) is 21.1 Å². The summed E-state index contributed by atoms with van der Waals surface area (Å²) in [4.78, 5) is 2.39. The molecule has 8 heteroatoms. The van der Waals surface area contributed by atoms with Gasteiger partial charge in [0.25, 0.3) is 0 Å². The Morgan fingerprint density at radius 1 is 1.16 bits per heavy atom. The molecule has 0 radical (unpaired) electrons. The Kier molecular flexibility index (Phi) is 5.89. The van der Waals surface area contributed by atoms with E-state index in [2.05, 4.69) is 42.9 Å². The van der Waals surface area contributed by atoms with E-state index in [4.69, 9.17) is 0 Å². The van der Waals surface area contributed by atoms with Gasteiger partial charge in [0, 0.05) is 37.6 Å². The number of aromatic nitrogens is 2. The number of fused-ring (bicyclic) bond motifs is 1. The van der Waals surface area contributed by atoms with Gasteiger partial charge in [-0.25, -0.2) is 17.5 Å². The van der Waals surface area contributed by atoms with Crippen molar-refractivity contribution in [3.05, 3.63) is 59.5 Å². The van der Waals surface area contributed by atoms with Gasteiger partial charge >= 0.3 is 0 Å². The van der Waals surface area contributed by atoms with Gasteiger partial charge in [0.15, 0.2) is 0 Å². The van der Waals surface area contributed by atoms with Crippen LogP contribution in [-0.2, 0) is 10.0 Å². The van der Waals surface area contributed by atoms with Crippen molar-refractivity contribution in [1.29, 1.82) is 0 Å². The summed E-state index contributed by atoms with van der Waals surface area (Å²) in [6, 6.07) is 10.5. The highest BCUT2D eigenvalue weighted by Gasteiger charge is 2.33. The van der Waals surface area contributed by atoms with Crippen molar-refractivity contribution in [3.8, 4) is 5.69 Å². The first-order valence-electron chi connectivity index (χ1n) is 10.6. The van der Waals surface area contributed by atoms with Gasteiger partial charge in [0.1, 0.15) is 5.82 Å². The first-order valence-corrected chi connectivity index (χ1v) is 12.4. The molecule has 1 saturated heterocycles. The molecule has 1 aliphatic heterocycles. The number of sulfonamides is 1. The van der Waals surface area contributed by atoms with Crippen LogP contribution in [0, 0.1) is 18.7 Å². The topological polar surface area (TPSA) is 58.4 Å². The van der Waals surface area contributed by atoms with Crippen LogP contribution >= 0.6 is 0 Å². The Morgan fingerprint density at radius 3 is 2.52 bits per heavy atom. The molecule has 4 rings (SSSR count). The minimum atomic E-state index is -3.25. The lowest BCUT2D eigenvalue weighted by atomic mass is 9.96. The molecule has 0 amide bonds. The van der Waals surface area contributed by atoms with Gasteiger partial charge in [-0.2, -0.15) is 9.40 Å². The average molecular weight is 445 g/mol. The van der Waals surface area contributed by atoms with E-state index in [0.29, 0.717) is 25.6 Å². The normalized spacial score (nSPS) is 18.8. The van der Waals surface area contributed by atoms with Crippen molar-refractivity contribution in [1.82, 2.24) is 19.0 Å². The lowest BCUT2D eigenvalue weighted by Gasteiger charge is -2.42. The monoisotopic (exact) mass is 444 g/mol. The van der Waals surface area contributed by atoms with Crippen molar-refractivity contribution in [2.24, 2.45) is 5.92 Å². The smallest absolute Gasteiger partial charge is 0.211 e. The Bertz CT molecular complexity index is 1190. The predicted molar refractivity (Wildman–Crippen MR) is 121 cm³/mol. The van der Waals surface area contributed by atoms with Crippen molar-refractivity contribution >= 4 is 20.9 Å². The van der Waals surface area contributed by atoms with Gasteiger partial charge in [-0.3, -0.25) is 4.90 Å². The molecule has 166 valence electrons. The van der Waals surface area contributed by atoms with Gasteiger partial charge < -0.3 is 0 Å². The standard InChI is InChI=1S/C23H29FN4O2S/c1-16(2)14-26-9-10-27(31(4,29)30)15-23(26)21-12-18-13-25-28(22(18)11-17(21)3)20-7-5-19(24)6-8-20/h5-8,11-13,16,23H,9-10,14-15H2,1-4H3. The van der Waals surface area contributed by atoms with E-state index < -0.39 is 10.0 Å². The summed E-state index contributed by atoms with van der Waals surface area (Å²) >= 11 is 0. The fourth-order valence-corrected chi connectivity index (χ4v) is 5.25. The third-order valence-corrected chi connectivity index (χ3v) is 7.18. The van der Waals surface area contributed by atoms with Crippen LogP contribution in [0.3, 0.4) is 0 Å². The SMILES string of the molecule is Cc1cc2c(cnn2-c2ccc(F)cc2)cc1C1CN(S(C)(=O)=O)CCN1CC(C)C. The van der Waals surface area contributed by atoms with Gasteiger partial charge in [-0.05, 0) is 60.4 Å². The molecule has 2 aromatic carbocycles. The minimum Gasteiger partial charge on any atom is -0.293 e. The molecular formula is C23H29FN4O2S. The van der Waals surface area contributed by atoms with Crippen LogP contribution in [0.15, 0.2) is 42.6 Å². The molecule has 0 saturated carbocycles. The fourth-order valence-electron chi connectivity index (χ4n) is 4.42. The number of piperazine rings is 1. The highest BCUT2D eigenvalue weighted by Crippen LogP contribution is 2.33.